The number of urea groups is 1. The van der Waals surface area contributed by atoms with Crippen LogP contribution in [0.25, 0.3) is 0 Å². The molecule has 0 aromatic heterocycles. The van der Waals surface area contributed by atoms with Crippen molar-refractivity contribution in [2.45, 2.75) is 25.5 Å². The molecule has 2 N–H and O–H groups in total. The van der Waals surface area contributed by atoms with Crippen LogP contribution in [-0.4, -0.2) is 25.3 Å². The highest BCUT2D eigenvalue weighted by atomic mass is 35.5. The summed E-state index contributed by atoms with van der Waals surface area (Å²) in [5.74, 6) is 0.808. The lowest BCUT2D eigenvalue weighted by atomic mass is 10.2. The molecule has 1 heterocycles. The standard InChI is InChI=1S/C19H21ClN2O3/c20-15-3-1-4-16(11-15)22-19(23)21-12-14-6-8-17(9-7-14)25-13-18-5-2-10-24-18/h1,3-4,6-9,11,18H,2,5,10,12-13H2,(H2,21,22,23). The Balaban J connectivity index is 1.42. The molecule has 2 aromatic rings. The molecule has 1 atom stereocenters. The lowest BCUT2D eigenvalue weighted by Gasteiger charge is -2.12. The second-order valence-electron chi connectivity index (χ2n) is 5.91. The average molecular weight is 361 g/mol. The van der Waals surface area contributed by atoms with Crippen LogP contribution in [0.2, 0.25) is 5.02 Å². The van der Waals surface area contributed by atoms with Crippen LogP contribution in [0.3, 0.4) is 0 Å². The van der Waals surface area contributed by atoms with E-state index >= 15 is 0 Å². The van der Waals surface area contributed by atoms with Crippen LogP contribution >= 0.6 is 11.6 Å². The Hall–Kier alpha value is -2.24. The van der Waals surface area contributed by atoms with Gasteiger partial charge in [0.1, 0.15) is 12.4 Å². The number of carbonyl (C=O) groups excluding carboxylic acids is 1. The molecule has 0 aliphatic carbocycles. The predicted molar refractivity (Wildman–Crippen MR) is 98.2 cm³/mol. The molecule has 6 heteroatoms. The van der Waals surface area contributed by atoms with Gasteiger partial charge < -0.3 is 20.1 Å². The minimum atomic E-state index is -0.277. The fourth-order valence-electron chi connectivity index (χ4n) is 2.59. The molecule has 1 unspecified atom stereocenters. The molecule has 1 aliphatic rings. The Morgan fingerprint density at radius 3 is 2.80 bits per heavy atom. The number of rotatable bonds is 6. The van der Waals surface area contributed by atoms with Crippen LogP contribution in [0.4, 0.5) is 10.5 Å². The number of hydrogen-bond acceptors (Lipinski definition) is 3. The highest BCUT2D eigenvalue weighted by molar-refractivity contribution is 6.30. The van der Waals surface area contributed by atoms with Gasteiger partial charge in [0.15, 0.2) is 0 Å². The lowest BCUT2D eigenvalue weighted by Crippen LogP contribution is -2.28. The second kappa shape index (κ2) is 8.74. The van der Waals surface area contributed by atoms with E-state index in [0.717, 1.165) is 30.8 Å². The smallest absolute Gasteiger partial charge is 0.319 e. The van der Waals surface area contributed by atoms with Crippen molar-refractivity contribution >= 4 is 23.3 Å². The van der Waals surface area contributed by atoms with E-state index in [2.05, 4.69) is 10.6 Å². The van der Waals surface area contributed by atoms with Gasteiger partial charge in [-0.05, 0) is 48.7 Å². The van der Waals surface area contributed by atoms with Gasteiger partial charge in [-0.2, -0.15) is 0 Å². The van der Waals surface area contributed by atoms with Crippen LogP contribution < -0.4 is 15.4 Å². The second-order valence-corrected chi connectivity index (χ2v) is 6.34. The molecule has 1 saturated heterocycles. The largest absolute Gasteiger partial charge is 0.491 e. The molecule has 0 radical (unpaired) electrons. The van der Waals surface area contributed by atoms with Crippen molar-refractivity contribution in [3.63, 3.8) is 0 Å². The Labute approximate surface area is 152 Å². The van der Waals surface area contributed by atoms with Crippen molar-refractivity contribution in [3.8, 4) is 5.75 Å². The minimum Gasteiger partial charge on any atom is -0.491 e. The van der Waals surface area contributed by atoms with Gasteiger partial charge in [0.05, 0.1) is 6.10 Å². The van der Waals surface area contributed by atoms with Crippen LogP contribution in [-0.2, 0) is 11.3 Å². The zero-order valence-electron chi connectivity index (χ0n) is 13.8. The van der Waals surface area contributed by atoms with Crippen molar-refractivity contribution in [2.24, 2.45) is 0 Å². The van der Waals surface area contributed by atoms with Crippen molar-refractivity contribution in [1.82, 2.24) is 5.32 Å². The summed E-state index contributed by atoms with van der Waals surface area (Å²) in [7, 11) is 0. The summed E-state index contributed by atoms with van der Waals surface area (Å²) in [6.45, 7) is 1.84. The summed E-state index contributed by atoms with van der Waals surface area (Å²) in [6.07, 6.45) is 2.37. The van der Waals surface area contributed by atoms with E-state index in [1.807, 2.05) is 24.3 Å². The molecule has 0 saturated carbocycles. The van der Waals surface area contributed by atoms with E-state index in [1.165, 1.54) is 0 Å². The van der Waals surface area contributed by atoms with E-state index in [9.17, 15) is 4.79 Å². The fourth-order valence-corrected chi connectivity index (χ4v) is 2.78. The number of benzene rings is 2. The normalized spacial score (nSPS) is 16.4. The first-order valence-electron chi connectivity index (χ1n) is 8.33. The number of nitrogens with one attached hydrogen (secondary N) is 2. The first-order chi connectivity index (χ1) is 12.2. The maximum Gasteiger partial charge on any atom is 0.319 e. The highest BCUT2D eigenvalue weighted by Gasteiger charge is 2.15. The average Bonchev–Trinajstić information content (AvgIpc) is 3.13. The summed E-state index contributed by atoms with van der Waals surface area (Å²) < 4.78 is 11.3. The molecule has 5 nitrogen and oxygen atoms in total. The maximum absolute atomic E-state index is 11.9. The van der Waals surface area contributed by atoms with E-state index in [1.54, 1.807) is 24.3 Å². The number of carbonyl (C=O) groups is 1. The zero-order valence-corrected chi connectivity index (χ0v) is 14.6. The highest BCUT2D eigenvalue weighted by Crippen LogP contribution is 2.17. The molecule has 2 aromatic carbocycles. The molecular weight excluding hydrogens is 340 g/mol. The van der Waals surface area contributed by atoms with E-state index in [0.29, 0.717) is 23.9 Å². The van der Waals surface area contributed by atoms with Crippen LogP contribution in [0, 0.1) is 0 Å². The van der Waals surface area contributed by atoms with Gasteiger partial charge in [-0.1, -0.05) is 29.8 Å². The van der Waals surface area contributed by atoms with Gasteiger partial charge in [0.25, 0.3) is 0 Å². The molecular formula is C19H21ClN2O3. The predicted octanol–water partition coefficient (Wildman–Crippen LogP) is 4.22. The number of anilines is 1. The van der Waals surface area contributed by atoms with Gasteiger partial charge >= 0.3 is 6.03 Å². The Morgan fingerprint density at radius 2 is 2.08 bits per heavy atom. The topological polar surface area (TPSA) is 59.6 Å². The third-order valence-corrected chi connectivity index (χ3v) is 4.15. The zero-order chi connectivity index (χ0) is 17.5. The quantitative estimate of drug-likeness (QED) is 0.810. The molecule has 0 spiro atoms. The SMILES string of the molecule is O=C(NCc1ccc(OCC2CCCO2)cc1)Nc1cccc(Cl)c1. The summed E-state index contributed by atoms with van der Waals surface area (Å²) in [5, 5.41) is 6.13. The molecule has 132 valence electrons. The minimum absolute atomic E-state index is 0.205. The third-order valence-electron chi connectivity index (χ3n) is 3.92. The van der Waals surface area contributed by atoms with Gasteiger partial charge in [0.2, 0.25) is 0 Å². The number of halogens is 1. The Kier molecular flexibility index (Phi) is 6.14. The monoisotopic (exact) mass is 360 g/mol. The van der Waals surface area contributed by atoms with Crippen LogP contribution in [0.1, 0.15) is 18.4 Å². The molecule has 3 rings (SSSR count). The van der Waals surface area contributed by atoms with Gasteiger partial charge in [0, 0.05) is 23.9 Å². The van der Waals surface area contributed by atoms with Gasteiger partial charge in [-0.25, -0.2) is 4.79 Å². The van der Waals surface area contributed by atoms with Gasteiger partial charge in [-0.3, -0.25) is 0 Å². The Bertz CT molecular complexity index is 700. The third kappa shape index (κ3) is 5.66. The lowest BCUT2D eigenvalue weighted by molar-refractivity contribution is 0.0679. The van der Waals surface area contributed by atoms with E-state index in [4.69, 9.17) is 21.1 Å². The molecule has 25 heavy (non-hydrogen) atoms. The molecule has 0 bridgehead atoms. The van der Waals surface area contributed by atoms with Gasteiger partial charge in [-0.15, -0.1) is 0 Å². The summed E-state index contributed by atoms with van der Waals surface area (Å²) in [6, 6.07) is 14.4. The maximum atomic E-state index is 11.9. The van der Waals surface area contributed by atoms with Crippen molar-refractivity contribution in [3.05, 3.63) is 59.1 Å². The number of amides is 2. The van der Waals surface area contributed by atoms with E-state index in [-0.39, 0.29) is 12.1 Å². The molecule has 2 amide bonds. The number of ether oxygens (including phenoxy) is 2. The summed E-state index contributed by atoms with van der Waals surface area (Å²) in [5.41, 5.74) is 1.65. The van der Waals surface area contributed by atoms with Crippen LogP contribution in [0.5, 0.6) is 5.75 Å². The fraction of sp³-hybridized carbons (Fsp3) is 0.316. The van der Waals surface area contributed by atoms with Crippen molar-refractivity contribution in [1.29, 1.82) is 0 Å². The summed E-state index contributed by atoms with van der Waals surface area (Å²) in [4.78, 5) is 11.9. The van der Waals surface area contributed by atoms with Crippen molar-refractivity contribution in [2.75, 3.05) is 18.5 Å². The molecule has 1 aliphatic heterocycles. The number of hydrogen-bond donors (Lipinski definition) is 2. The van der Waals surface area contributed by atoms with E-state index < -0.39 is 0 Å². The Morgan fingerprint density at radius 1 is 1.24 bits per heavy atom. The first-order valence-corrected chi connectivity index (χ1v) is 8.70. The van der Waals surface area contributed by atoms with Crippen molar-refractivity contribution < 1.29 is 14.3 Å². The summed E-state index contributed by atoms with van der Waals surface area (Å²) >= 11 is 5.89. The van der Waals surface area contributed by atoms with Crippen LogP contribution in [0.15, 0.2) is 48.5 Å². The molecule has 1 fully saturated rings. The first kappa shape index (κ1) is 17.6.